The smallest absolute Gasteiger partial charge is 0.189 e. The molecule has 18 heavy (non-hydrogen) atoms. The quantitative estimate of drug-likeness (QED) is 0.664. The number of rotatable bonds is 3. The van der Waals surface area contributed by atoms with Gasteiger partial charge in [0, 0.05) is 4.47 Å². The van der Waals surface area contributed by atoms with Crippen LogP contribution in [0, 0.1) is 0 Å². The first-order valence-electron chi connectivity index (χ1n) is 6.50. The van der Waals surface area contributed by atoms with Crippen molar-refractivity contribution in [2.45, 2.75) is 44.7 Å². The lowest BCUT2D eigenvalue weighted by atomic mass is 10.1. The van der Waals surface area contributed by atoms with Gasteiger partial charge in [-0.15, -0.1) is 0 Å². The van der Waals surface area contributed by atoms with Crippen molar-refractivity contribution in [1.82, 2.24) is 5.32 Å². The Bertz CT molecular complexity index is 425. The number of guanidine groups is 1. The van der Waals surface area contributed by atoms with Crippen LogP contribution in [-0.2, 0) is 0 Å². The Hall–Kier alpha value is -1.03. The van der Waals surface area contributed by atoms with E-state index in [4.69, 9.17) is 5.73 Å². The number of aliphatic imine (C=N–C) groups is 1. The third-order valence-corrected chi connectivity index (χ3v) is 3.85. The lowest BCUT2D eigenvalue weighted by molar-refractivity contribution is 0.669. The van der Waals surface area contributed by atoms with Crippen LogP contribution in [0.1, 0.15) is 44.2 Å². The molecule has 3 nitrogen and oxygen atoms in total. The number of halogens is 1. The number of benzene rings is 1. The highest BCUT2D eigenvalue weighted by atomic mass is 79.9. The maximum Gasteiger partial charge on any atom is 0.189 e. The molecule has 1 aliphatic carbocycles. The number of nitrogens with zero attached hydrogens (tertiary/aromatic N) is 1. The summed E-state index contributed by atoms with van der Waals surface area (Å²) in [6, 6.07) is 8.83. The van der Waals surface area contributed by atoms with Crippen LogP contribution in [0.2, 0.25) is 0 Å². The second-order valence-electron chi connectivity index (χ2n) is 4.87. The third kappa shape index (κ3) is 3.73. The second-order valence-corrected chi connectivity index (χ2v) is 5.79. The van der Waals surface area contributed by atoms with E-state index in [9.17, 15) is 0 Å². The van der Waals surface area contributed by atoms with E-state index in [2.05, 4.69) is 45.3 Å². The Morgan fingerprint density at radius 3 is 2.83 bits per heavy atom. The fourth-order valence-corrected chi connectivity index (χ4v) is 2.77. The van der Waals surface area contributed by atoms with Crippen LogP contribution in [0.15, 0.2) is 33.7 Å². The predicted molar refractivity (Wildman–Crippen MR) is 79.6 cm³/mol. The van der Waals surface area contributed by atoms with E-state index in [1.807, 2.05) is 12.1 Å². The molecule has 0 amide bonds. The molecule has 0 heterocycles. The average molecular weight is 310 g/mol. The standard InChI is InChI=1S/C14H20BrN3/c1-10(11-5-4-6-12(15)9-11)17-14(16)18-13-7-2-3-8-13/h4-6,9-10,13H,2-3,7-8H2,1H3,(H3,16,17,18). The van der Waals surface area contributed by atoms with Crippen molar-refractivity contribution >= 4 is 21.9 Å². The minimum absolute atomic E-state index is 0.174. The number of nitrogens with two attached hydrogens (primary N) is 1. The van der Waals surface area contributed by atoms with Crippen LogP contribution in [0.25, 0.3) is 0 Å². The van der Waals surface area contributed by atoms with E-state index in [0.29, 0.717) is 12.0 Å². The zero-order valence-electron chi connectivity index (χ0n) is 10.7. The molecule has 0 aliphatic heterocycles. The monoisotopic (exact) mass is 309 g/mol. The molecule has 1 aromatic carbocycles. The highest BCUT2D eigenvalue weighted by Gasteiger charge is 2.14. The Balaban J connectivity index is 1.95. The van der Waals surface area contributed by atoms with Crippen molar-refractivity contribution in [3.8, 4) is 0 Å². The van der Waals surface area contributed by atoms with Gasteiger partial charge >= 0.3 is 0 Å². The van der Waals surface area contributed by atoms with Crippen molar-refractivity contribution in [1.29, 1.82) is 0 Å². The van der Waals surface area contributed by atoms with Crippen molar-refractivity contribution in [3.05, 3.63) is 34.3 Å². The van der Waals surface area contributed by atoms with Crippen molar-refractivity contribution < 1.29 is 0 Å². The summed E-state index contributed by atoms with van der Waals surface area (Å²) < 4.78 is 1.08. The summed E-state index contributed by atoms with van der Waals surface area (Å²) in [6.07, 6.45) is 4.91. The van der Waals surface area contributed by atoms with Gasteiger partial charge in [-0.25, -0.2) is 0 Å². The molecule has 0 aromatic heterocycles. The fourth-order valence-electron chi connectivity index (χ4n) is 2.35. The zero-order valence-corrected chi connectivity index (χ0v) is 12.3. The van der Waals surface area contributed by atoms with E-state index >= 15 is 0 Å². The second kappa shape index (κ2) is 6.23. The van der Waals surface area contributed by atoms with Gasteiger partial charge in [0.15, 0.2) is 5.96 Å². The molecule has 4 heteroatoms. The van der Waals surface area contributed by atoms with Gasteiger partial charge < -0.3 is 11.1 Å². The van der Waals surface area contributed by atoms with Crippen LogP contribution in [0.4, 0.5) is 0 Å². The average Bonchev–Trinajstić information content (AvgIpc) is 2.81. The lowest BCUT2D eigenvalue weighted by Crippen LogP contribution is -2.34. The highest BCUT2D eigenvalue weighted by molar-refractivity contribution is 9.10. The van der Waals surface area contributed by atoms with Gasteiger partial charge in [0.05, 0.1) is 12.1 Å². The molecule has 0 saturated heterocycles. The Labute approximate surface area is 117 Å². The Morgan fingerprint density at radius 2 is 2.17 bits per heavy atom. The molecule has 0 spiro atoms. The van der Waals surface area contributed by atoms with Gasteiger partial charge in [-0.2, -0.15) is 0 Å². The topological polar surface area (TPSA) is 50.4 Å². The molecule has 1 atom stereocenters. The fraction of sp³-hybridized carbons (Fsp3) is 0.500. The van der Waals surface area contributed by atoms with Gasteiger partial charge in [-0.1, -0.05) is 40.9 Å². The van der Waals surface area contributed by atoms with Crippen LogP contribution >= 0.6 is 15.9 Å². The molecule has 98 valence electrons. The molecular formula is C14H20BrN3. The van der Waals surface area contributed by atoms with E-state index in [0.717, 1.165) is 4.47 Å². The summed E-state index contributed by atoms with van der Waals surface area (Å²) in [5.74, 6) is 0.564. The summed E-state index contributed by atoms with van der Waals surface area (Å²) in [7, 11) is 0. The van der Waals surface area contributed by atoms with Gasteiger partial charge in [0.2, 0.25) is 0 Å². The molecular weight excluding hydrogens is 290 g/mol. The first-order valence-corrected chi connectivity index (χ1v) is 7.30. The van der Waals surface area contributed by atoms with Gasteiger partial charge in [-0.3, -0.25) is 4.99 Å². The SMILES string of the molecule is CC(NC(N)=NC1CCCC1)c1cccc(Br)c1. The maximum absolute atomic E-state index is 5.96. The van der Waals surface area contributed by atoms with Gasteiger partial charge in [0.1, 0.15) is 0 Å². The van der Waals surface area contributed by atoms with Gasteiger partial charge in [-0.05, 0) is 37.5 Å². The summed E-state index contributed by atoms with van der Waals surface area (Å²) in [4.78, 5) is 4.54. The van der Waals surface area contributed by atoms with Crippen molar-refractivity contribution in [3.63, 3.8) is 0 Å². The molecule has 1 aromatic rings. The minimum atomic E-state index is 0.174. The summed E-state index contributed by atoms with van der Waals surface area (Å²) in [6.45, 7) is 2.10. The number of hydrogen-bond acceptors (Lipinski definition) is 1. The predicted octanol–water partition coefficient (Wildman–Crippen LogP) is 3.36. The minimum Gasteiger partial charge on any atom is -0.370 e. The summed E-state index contributed by atoms with van der Waals surface area (Å²) >= 11 is 3.48. The van der Waals surface area contributed by atoms with E-state index in [-0.39, 0.29) is 6.04 Å². The first kappa shape index (κ1) is 13.4. The zero-order chi connectivity index (χ0) is 13.0. The van der Waals surface area contributed by atoms with E-state index < -0.39 is 0 Å². The number of hydrogen-bond donors (Lipinski definition) is 2. The molecule has 3 N–H and O–H groups in total. The number of nitrogens with one attached hydrogen (secondary N) is 1. The third-order valence-electron chi connectivity index (χ3n) is 3.36. The van der Waals surface area contributed by atoms with Gasteiger partial charge in [0.25, 0.3) is 0 Å². The molecule has 2 rings (SSSR count). The van der Waals surface area contributed by atoms with Crippen LogP contribution < -0.4 is 11.1 Å². The van der Waals surface area contributed by atoms with E-state index in [1.165, 1.54) is 31.2 Å². The molecule has 0 bridgehead atoms. The Morgan fingerprint density at radius 1 is 1.44 bits per heavy atom. The summed E-state index contributed by atoms with van der Waals surface area (Å²) in [5, 5.41) is 3.26. The van der Waals surface area contributed by atoms with Crippen LogP contribution in [0.5, 0.6) is 0 Å². The van der Waals surface area contributed by atoms with Crippen molar-refractivity contribution in [2.75, 3.05) is 0 Å². The molecule has 0 radical (unpaired) electrons. The van der Waals surface area contributed by atoms with Crippen LogP contribution in [-0.4, -0.2) is 12.0 Å². The Kier molecular flexibility index (Phi) is 4.64. The largest absolute Gasteiger partial charge is 0.370 e. The maximum atomic E-state index is 5.96. The highest BCUT2D eigenvalue weighted by Crippen LogP contribution is 2.21. The lowest BCUT2D eigenvalue weighted by Gasteiger charge is -2.16. The first-order chi connectivity index (χ1) is 8.65. The van der Waals surface area contributed by atoms with E-state index in [1.54, 1.807) is 0 Å². The normalized spacial score (nSPS) is 18.9. The molecule has 1 saturated carbocycles. The summed E-state index contributed by atoms with van der Waals surface area (Å²) in [5.41, 5.74) is 7.16. The van der Waals surface area contributed by atoms with Crippen molar-refractivity contribution in [2.24, 2.45) is 10.7 Å². The molecule has 1 aliphatic rings. The molecule has 1 unspecified atom stereocenters. The van der Waals surface area contributed by atoms with Crippen LogP contribution in [0.3, 0.4) is 0 Å². The molecule has 1 fully saturated rings.